The lowest BCUT2D eigenvalue weighted by molar-refractivity contribution is -0.122. The summed E-state index contributed by atoms with van der Waals surface area (Å²) in [6.45, 7) is 4.28. The van der Waals surface area contributed by atoms with Gasteiger partial charge in [-0.25, -0.2) is 0 Å². The van der Waals surface area contributed by atoms with E-state index in [1.165, 1.54) is 5.56 Å². The van der Waals surface area contributed by atoms with Crippen LogP contribution >= 0.6 is 0 Å². The molecule has 4 heteroatoms. The van der Waals surface area contributed by atoms with Crippen molar-refractivity contribution >= 4 is 5.91 Å². The maximum Gasteiger partial charge on any atom is 0.220 e. The predicted octanol–water partition coefficient (Wildman–Crippen LogP) is 3.18. The lowest BCUT2D eigenvalue weighted by Gasteiger charge is -2.38. The minimum Gasteiger partial charge on any atom is -0.353 e. The van der Waals surface area contributed by atoms with Gasteiger partial charge in [0.25, 0.3) is 0 Å². The second-order valence-electron chi connectivity index (χ2n) is 6.91. The molecule has 0 bridgehead atoms. The van der Waals surface area contributed by atoms with E-state index in [1.54, 1.807) is 6.20 Å². The van der Waals surface area contributed by atoms with Crippen LogP contribution in [0.15, 0.2) is 54.7 Å². The number of aryl methyl sites for hydroxylation is 1. The molecule has 132 valence electrons. The van der Waals surface area contributed by atoms with Crippen molar-refractivity contribution in [1.82, 2.24) is 15.2 Å². The molecule has 2 atom stereocenters. The molecule has 0 aliphatic carbocycles. The third kappa shape index (κ3) is 5.40. The van der Waals surface area contributed by atoms with Gasteiger partial charge in [0.2, 0.25) is 5.91 Å². The topological polar surface area (TPSA) is 45.2 Å². The van der Waals surface area contributed by atoms with Gasteiger partial charge in [0.05, 0.1) is 0 Å². The van der Waals surface area contributed by atoms with Gasteiger partial charge in [0.1, 0.15) is 0 Å². The number of hydrogen-bond acceptors (Lipinski definition) is 3. The summed E-state index contributed by atoms with van der Waals surface area (Å²) in [6.07, 6.45) is 5.02. The van der Waals surface area contributed by atoms with Gasteiger partial charge < -0.3 is 5.32 Å². The van der Waals surface area contributed by atoms with Crippen LogP contribution in [0.2, 0.25) is 0 Å². The van der Waals surface area contributed by atoms with Crippen LogP contribution in [-0.4, -0.2) is 34.4 Å². The molecule has 1 aliphatic rings. The van der Waals surface area contributed by atoms with Gasteiger partial charge in [-0.05, 0) is 43.9 Å². The zero-order chi connectivity index (χ0) is 17.5. The highest BCUT2D eigenvalue weighted by Gasteiger charge is 2.26. The Hall–Kier alpha value is -2.20. The van der Waals surface area contributed by atoms with Crippen molar-refractivity contribution in [3.05, 3.63) is 66.0 Å². The van der Waals surface area contributed by atoms with Crippen LogP contribution in [-0.2, 0) is 17.8 Å². The highest BCUT2D eigenvalue weighted by atomic mass is 16.1. The van der Waals surface area contributed by atoms with E-state index in [0.717, 1.165) is 31.6 Å². The maximum absolute atomic E-state index is 12.2. The molecule has 1 aromatic heterocycles. The van der Waals surface area contributed by atoms with E-state index < -0.39 is 0 Å². The zero-order valence-electron chi connectivity index (χ0n) is 14.9. The van der Waals surface area contributed by atoms with E-state index in [0.29, 0.717) is 24.9 Å². The largest absolute Gasteiger partial charge is 0.353 e. The lowest BCUT2D eigenvalue weighted by Crippen LogP contribution is -2.48. The van der Waals surface area contributed by atoms with Crippen LogP contribution in [0, 0.1) is 0 Å². The van der Waals surface area contributed by atoms with Crippen molar-refractivity contribution in [1.29, 1.82) is 0 Å². The Labute approximate surface area is 150 Å². The van der Waals surface area contributed by atoms with Gasteiger partial charge in [-0.1, -0.05) is 36.4 Å². The highest BCUT2D eigenvalue weighted by molar-refractivity contribution is 5.76. The van der Waals surface area contributed by atoms with Crippen LogP contribution in [0.25, 0.3) is 0 Å². The first-order valence-corrected chi connectivity index (χ1v) is 9.18. The summed E-state index contributed by atoms with van der Waals surface area (Å²) in [4.78, 5) is 19.0. The van der Waals surface area contributed by atoms with Gasteiger partial charge in [-0.15, -0.1) is 0 Å². The zero-order valence-corrected chi connectivity index (χ0v) is 14.9. The number of benzene rings is 1. The van der Waals surface area contributed by atoms with E-state index in [1.807, 2.05) is 18.2 Å². The minimum atomic E-state index is 0.138. The SMILES string of the molecule is C[C@H]1C[C@@H](NC(=O)CCc2ccccn2)CCN1Cc1ccccc1. The van der Waals surface area contributed by atoms with Crippen LogP contribution in [0.1, 0.15) is 37.4 Å². The Balaban J connectivity index is 1.42. The smallest absolute Gasteiger partial charge is 0.220 e. The Kier molecular flexibility index (Phi) is 6.18. The van der Waals surface area contributed by atoms with Gasteiger partial charge in [0.15, 0.2) is 0 Å². The number of amides is 1. The molecule has 0 spiro atoms. The fourth-order valence-corrected chi connectivity index (χ4v) is 3.49. The number of aromatic nitrogens is 1. The second kappa shape index (κ2) is 8.77. The van der Waals surface area contributed by atoms with Gasteiger partial charge in [-0.3, -0.25) is 14.7 Å². The molecule has 1 N–H and O–H groups in total. The van der Waals surface area contributed by atoms with Crippen LogP contribution in [0.4, 0.5) is 0 Å². The summed E-state index contributed by atoms with van der Waals surface area (Å²) in [5, 5.41) is 3.21. The number of likely N-dealkylation sites (tertiary alicyclic amines) is 1. The number of rotatable bonds is 6. The molecule has 1 fully saturated rings. The molecule has 2 aromatic rings. The molecule has 0 radical (unpaired) electrons. The Bertz CT molecular complexity index is 659. The predicted molar refractivity (Wildman–Crippen MR) is 100 cm³/mol. The highest BCUT2D eigenvalue weighted by Crippen LogP contribution is 2.20. The second-order valence-corrected chi connectivity index (χ2v) is 6.91. The molecule has 0 unspecified atom stereocenters. The minimum absolute atomic E-state index is 0.138. The Morgan fingerprint density at radius 2 is 2.00 bits per heavy atom. The number of piperidine rings is 1. The van der Waals surface area contributed by atoms with Crippen molar-refractivity contribution < 1.29 is 4.79 Å². The van der Waals surface area contributed by atoms with E-state index >= 15 is 0 Å². The normalized spacial score (nSPS) is 21.0. The molecule has 3 rings (SSSR count). The quantitative estimate of drug-likeness (QED) is 0.880. The number of carbonyl (C=O) groups is 1. The third-order valence-corrected chi connectivity index (χ3v) is 4.94. The molecule has 2 heterocycles. The first-order chi connectivity index (χ1) is 12.2. The van der Waals surface area contributed by atoms with Crippen molar-refractivity contribution in [3.63, 3.8) is 0 Å². The van der Waals surface area contributed by atoms with Gasteiger partial charge in [-0.2, -0.15) is 0 Å². The summed E-state index contributed by atoms with van der Waals surface area (Å²) in [6, 6.07) is 17.2. The average Bonchev–Trinajstić information content (AvgIpc) is 2.64. The van der Waals surface area contributed by atoms with E-state index in [2.05, 4.69) is 52.5 Å². The summed E-state index contributed by atoms with van der Waals surface area (Å²) in [5.74, 6) is 0.138. The number of carbonyl (C=O) groups excluding carboxylic acids is 1. The standard InChI is InChI=1S/C21H27N3O/c1-17-15-20(12-14-24(17)16-18-7-3-2-4-8-18)23-21(25)11-10-19-9-5-6-13-22-19/h2-9,13,17,20H,10-12,14-16H2,1H3,(H,23,25)/t17-,20-/m0/s1. The van der Waals surface area contributed by atoms with Crippen molar-refractivity contribution in [2.45, 2.75) is 51.2 Å². The molecule has 4 nitrogen and oxygen atoms in total. The molecule has 1 amide bonds. The molecule has 1 aromatic carbocycles. The fraction of sp³-hybridized carbons (Fsp3) is 0.429. The first kappa shape index (κ1) is 17.6. The lowest BCUT2D eigenvalue weighted by atomic mass is 9.97. The van der Waals surface area contributed by atoms with E-state index in [4.69, 9.17) is 0 Å². The average molecular weight is 337 g/mol. The van der Waals surface area contributed by atoms with Crippen molar-refractivity contribution in [2.75, 3.05) is 6.54 Å². The van der Waals surface area contributed by atoms with Crippen molar-refractivity contribution in [3.8, 4) is 0 Å². The number of nitrogens with one attached hydrogen (secondary N) is 1. The number of pyridine rings is 1. The van der Waals surface area contributed by atoms with Gasteiger partial charge in [0, 0.05) is 43.5 Å². The molecule has 25 heavy (non-hydrogen) atoms. The first-order valence-electron chi connectivity index (χ1n) is 9.18. The number of hydrogen-bond donors (Lipinski definition) is 1. The maximum atomic E-state index is 12.2. The van der Waals surface area contributed by atoms with Crippen LogP contribution in [0.5, 0.6) is 0 Å². The van der Waals surface area contributed by atoms with Gasteiger partial charge >= 0.3 is 0 Å². The molecule has 0 saturated carbocycles. The molecular formula is C21H27N3O. The summed E-state index contributed by atoms with van der Waals surface area (Å²) in [7, 11) is 0. The fourth-order valence-electron chi connectivity index (χ4n) is 3.49. The molecular weight excluding hydrogens is 310 g/mol. The summed E-state index contributed by atoms with van der Waals surface area (Å²) >= 11 is 0. The monoisotopic (exact) mass is 337 g/mol. The third-order valence-electron chi connectivity index (χ3n) is 4.94. The number of nitrogens with zero attached hydrogens (tertiary/aromatic N) is 2. The summed E-state index contributed by atoms with van der Waals surface area (Å²) in [5.41, 5.74) is 2.33. The van der Waals surface area contributed by atoms with Crippen LogP contribution in [0.3, 0.4) is 0 Å². The van der Waals surface area contributed by atoms with E-state index in [-0.39, 0.29) is 5.91 Å². The summed E-state index contributed by atoms with van der Waals surface area (Å²) < 4.78 is 0. The van der Waals surface area contributed by atoms with E-state index in [9.17, 15) is 4.79 Å². The molecule has 1 aliphatic heterocycles. The van der Waals surface area contributed by atoms with Crippen molar-refractivity contribution in [2.24, 2.45) is 0 Å². The van der Waals surface area contributed by atoms with Crippen LogP contribution < -0.4 is 5.32 Å². The Morgan fingerprint density at radius 1 is 1.20 bits per heavy atom. The Morgan fingerprint density at radius 3 is 2.72 bits per heavy atom. The molecule has 1 saturated heterocycles.